The van der Waals surface area contributed by atoms with E-state index in [0.717, 1.165) is 28.4 Å². The van der Waals surface area contributed by atoms with Crippen molar-refractivity contribution in [3.63, 3.8) is 0 Å². The second-order valence-corrected chi connectivity index (χ2v) is 6.51. The zero-order valence-corrected chi connectivity index (χ0v) is 13.5. The predicted octanol–water partition coefficient (Wildman–Crippen LogP) is 1.76. The number of nitrogens with one attached hydrogen (secondary N) is 2. The molecule has 1 aromatic carbocycles. The van der Waals surface area contributed by atoms with Crippen LogP contribution in [0, 0.1) is 0 Å². The number of nitrogens with zero attached hydrogens (tertiary/aromatic N) is 2. The van der Waals surface area contributed by atoms with Gasteiger partial charge in [0.1, 0.15) is 15.7 Å². The molecule has 1 heterocycles. The van der Waals surface area contributed by atoms with Crippen LogP contribution in [0.15, 0.2) is 42.2 Å². The third-order valence-electron chi connectivity index (χ3n) is 3.73. The zero-order valence-electron chi connectivity index (χ0n) is 12.7. The molecule has 0 spiro atoms. The molecule has 1 aliphatic carbocycles. The SMILES string of the molecule is N/C(=C\NC1CCC1)C(=O)NCc1nnc(-c2ccccc2)s1. The molecule has 1 aromatic heterocycles. The number of amides is 1. The molecule has 0 aliphatic heterocycles. The van der Waals surface area contributed by atoms with E-state index in [-0.39, 0.29) is 11.6 Å². The number of aromatic nitrogens is 2. The maximum absolute atomic E-state index is 11.9. The number of nitrogens with two attached hydrogens (primary N) is 1. The Labute approximate surface area is 138 Å². The molecule has 0 unspecified atom stereocenters. The van der Waals surface area contributed by atoms with Gasteiger partial charge in [-0.2, -0.15) is 0 Å². The fourth-order valence-electron chi connectivity index (χ4n) is 2.13. The normalized spacial score (nSPS) is 15.0. The lowest BCUT2D eigenvalue weighted by Gasteiger charge is -2.25. The van der Waals surface area contributed by atoms with Gasteiger partial charge in [-0.3, -0.25) is 4.79 Å². The molecule has 1 fully saturated rings. The average Bonchev–Trinajstić information content (AvgIpc) is 3.00. The van der Waals surface area contributed by atoms with Gasteiger partial charge in [-0.1, -0.05) is 41.7 Å². The van der Waals surface area contributed by atoms with Gasteiger partial charge >= 0.3 is 0 Å². The van der Waals surface area contributed by atoms with Crippen molar-refractivity contribution in [3.05, 3.63) is 47.2 Å². The largest absolute Gasteiger partial charge is 0.393 e. The van der Waals surface area contributed by atoms with E-state index in [1.54, 1.807) is 6.20 Å². The van der Waals surface area contributed by atoms with Gasteiger partial charge in [0.25, 0.3) is 5.91 Å². The fraction of sp³-hybridized carbons (Fsp3) is 0.312. The Hall–Kier alpha value is -2.41. The van der Waals surface area contributed by atoms with Gasteiger partial charge in [-0.15, -0.1) is 10.2 Å². The van der Waals surface area contributed by atoms with Gasteiger partial charge in [0.15, 0.2) is 0 Å². The standard InChI is InChI=1S/C16H19N5OS/c17-13(9-18-12-7-4-8-12)15(22)19-10-14-20-21-16(23-14)11-5-2-1-3-6-11/h1-3,5-6,9,12,18H,4,7-8,10,17H2,(H,19,22)/b13-9-. The van der Waals surface area contributed by atoms with Crippen LogP contribution in [0.25, 0.3) is 10.6 Å². The highest BCUT2D eigenvalue weighted by atomic mass is 32.1. The molecule has 0 bridgehead atoms. The summed E-state index contributed by atoms with van der Waals surface area (Å²) in [6.07, 6.45) is 5.10. The Kier molecular flexibility index (Phi) is 4.87. The minimum atomic E-state index is -0.298. The summed E-state index contributed by atoms with van der Waals surface area (Å²) in [7, 11) is 0. The minimum Gasteiger partial charge on any atom is -0.393 e. The molecule has 0 saturated heterocycles. The van der Waals surface area contributed by atoms with Crippen molar-refractivity contribution in [2.24, 2.45) is 5.73 Å². The summed E-state index contributed by atoms with van der Waals surface area (Å²) in [6, 6.07) is 10.3. The minimum absolute atomic E-state index is 0.185. The Morgan fingerprint density at radius 1 is 1.30 bits per heavy atom. The third-order valence-corrected chi connectivity index (χ3v) is 4.70. The van der Waals surface area contributed by atoms with Crippen molar-refractivity contribution in [2.75, 3.05) is 0 Å². The molecule has 4 N–H and O–H groups in total. The highest BCUT2D eigenvalue weighted by Gasteiger charge is 2.16. The molecule has 23 heavy (non-hydrogen) atoms. The summed E-state index contributed by atoms with van der Waals surface area (Å²) in [4.78, 5) is 11.9. The van der Waals surface area contributed by atoms with E-state index in [0.29, 0.717) is 12.6 Å². The van der Waals surface area contributed by atoms with Crippen molar-refractivity contribution in [3.8, 4) is 10.6 Å². The average molecular weight is 329 g/mol. The number of hydrogen-bond acceptors (Lipinski definition) is 6. The van der Waals surface area contributed by atoms with Crippen LogP contribution in [0.1, 0.15) is 24.3 Å². The summed E-state index contributed by atoms with van der Waals surface area (Å²) >= 11 is 1.46. The molecule has 6 nitrogen and oxygen atoms in total. The summed E-state index contributed by atoms with van der Waals surface area (Å²) in [5, 5.41) is 15.7. The van der Waals surface area contributed by atoms with Gasteiger partial charge in [0.2, 0.25) is 0 Å². The van der Waals surface area contributed by atoms with E-state index in [1.165, 1.54) is 17.8 Å². The first-order valence-corrected chi connectivity index (χ1v) is 8.42. The number of rotatable bonds is 6. The quantitative estimate of drug-likeness (QED) is 0.702. The lowest BCUT2D eigenvalue weighted by Crippen LogP contribution is -2.34. The van der Waals surface area contributed by atoms with Gasteiger partial charge < -0.3 is 16.4 Å². The van der Waals surface area contributed by atoms with Crippen molar-refractivity contribution in [2.45, 2.75) is 31.8 Å². The molecule has 0 radical (unpaired) electrons. The van der Waals surface area contributed by atoms with Crippen molar-refractivity contribution >= 4 is 17.2 Å². The highest BCUT2D eigenvalue weighted by Crippen LogP contribution is 2.22. The van der Waals surface area contributed by atoms with Gasteiger partial charge in [-0.05, 0) is 19.3 Å². The summed E-state index contributed by atoms with van der Waals surface area (Å²) in [6.45, 7) is 0.321. The Morgan fingerprint density at radius 3 is 2.78 bits per heavy atom. The first kappa shape index (κ1) is 15.5. The number of benzene rings is 1. The molecule has 3 rings (SSSR count). The monoisotopic (exact) mass is 329 g/mol. The first-order valence-electron chi connectivity index (χ1n) is 7.60. The van der Waals surface area contributed by atoms with Crippen molar-refractivity contribution in [1.82, 2.24) is 20.8 Å². The molecular formula is C16H19N5OS. The van der Waals surface area contributed by atoms with Crippen LogP contribution in [0.3, 0.4) is 0 Å². The van der Waals surface area contributed by atoms with Crippen LogP contribution >= 0.6 is 11.3 Å². The molecule has 1 amide bonds. The number of carbonyl (C=O) groups excluding carboxylic acids is 1. The van der Waals surface area contributed by atoms with Crippen LogP contribution in [-0.4, -0.2) is 22.1 Å². The molecule has 0 atom stereocenters. The van der Waals surface area contributed by atoms with Crippen molar-refractivity contribution in [1.29, 1.82) is 0 Å². The van der Waals surface area contributed by atoms with E-state index >= 15 is 0 Å². The van der Waals surface area contributed by atoms with Gasteiger partial charge in [0.05, 0.1) is 6.54 Å². The van der Waals surface area contributed by atoms with Crippen molar-refractivity contribution < 1.29 is 4.79 Å². The Bertz CT molecular complexity index is 694. The van der Waals surface area contributed by atoms with E-state index in [1.807, 2.05) is 30.3 Å². The van der Waals surface area contributed by atoms with Gasteiger partial charge in [-0.25, -0.2) is 0 Å². The Morgan fingerprint density at radius 2 is 2.09 bits per heavy atom. The van der Waals surface area contributed by atoms with Crippen LogP contribution in [0.5, 0.6) is 0 Å². The third kappa shape index (κ3) is 4.07. The van der Waals surface area contributed by atoms with Crippen LogP contribution in [0.4, 0.5) is 0 Å². The van der Waals surface area contributed by atoms with E-state index in [2.05, 4.69) is 20.8 Å². The molecule has 120 valence electrons. The zero-order chi connectivity index (χ0) is 16.1. The van der Waals surface area contributed by atoms with E-state index in [9.17, 15) is 4.79 Å². The summed E-state index contributed by atoms with van der Waals surface area (Å²) < 4.78 is 0. The van der Waals surface area contributed by atoms with Gasteiger partial charge in [0, 0.05) is 17.8 Å². The van der Waals surface area contributed by atoms with Crippen LogP contribution in [-0.2, 0) is 11.3 Å². The summed E-state index contributed by atoms with van der Waals surface area (Å²) in [5.74, 6) is -0.298. The van der Waals surface area contributed by atoms with Crippen LogP contribution < -0.4 is 16.4 Å². The number of hydrogen-bond donors (Lipinski definition) is 3. The number of carbonyl (C=O) groups is 1. The molecule has 2 aromatic rings. The second kappa shape index (κ2) is 7.23. The van der Waals surface area contributed by atoms with Crippen LogP contribution in [0.2, 0.25) is 0 Å². The molecule has 1 aliphatic rings. The highest BCUT2D eigenvalue weighted by molar-refractivity contribution is 7.14. The van der Waals surface area contributed by atoms with E-state index in [4.69, 9.17) is 5.73 Å². The topological polar surface area (TPSA) is 92.9 Å². The lowest BCUT2D eigenvalue weighted by atomic mass is 9.93. The first-order chi connectivity index (χ1) is 11.2. The maximum Gasteiger partial charge on any atom is 0.269 e. The molecular weight excluding hydrogens is 310 g/mol. The maximum atomic E-state index is 11.9. The fourth-order valence-corrected chi connectivity index (χ4v) is 2.91. The predicted molar refractivity (Wildman–Crippen MR) is 90.2 cm³/mol. The molecule has 1 saturated carbocycles. The Balaban J connectivity index is 1.52. The molecule has 7 heteroatoms. The summed E-state index contributed by atoms with van der Waals surface area (Å²) in [5.41, 5.74) is 6.96. The second-order valence-electron chi connectivity index (χ2n) is 5.44. The van der Waals surface area contributed by atoms with E-state index < -0.39 is 0 Å². The lowest BCUT2D eigenvalue weighted by molar-refractivity contribution is -0.117. The smallest absolute Gasteiger partial charge is 0.269 e.